The Morgan fingerprint density at radius 1 is 0.706 bits per heavy atom. The fourth-order valence-electron chi connectivity index (χ4n) is 1.37. The number of nitrogens with zero attached hydrogens (tertiary/aromatic N) is 1. The maximum Gasteiger partial charge on any atom is 0.178 e. The number of hydrogen-bond acceptors (Lipinski definition) is 3. The molecule has 17 heavy (non-hydrogen) atoms. The van der Waals surface area contributed by atoms with E-state index < -0.39 is 0 Å². The molecule has 88 valence electrons. The van der Waals surface area contributed by atoms with Crippen LogP contribution in [0.1, 0.15) is 0 Å². The highest BCUT2D eigenvalue weighted by Gasteiger charge is 1.98. The van der Waals surface area contributed by atoms with Crippen molar-refractivity contribution in [3.8, 4) is 11.5 Å². The Balaban J connectivity index is 1.96. The third-order valence-electron chi connectivity index (χ3n) is 2.33. The summed E-state index contributed by atoms with van der Waals surface area (Å²) in [6.45, 7) is 0. The minimum Gasteiger partial charge on any atom is -0.378 e. The molecule has 0 atom stereocenters. The van der Waals surface area contributed by atoms with Gasteiger partial charge in [-0.25, -0.2) is 0 Å². The van der Waals surface area contributed by atoms with Crippen molar-refractivity contribution in [2.24, 2.45) is 0 Å². The molecule has 0 aliphatic rings. The molecule has 2 rings (SSSR count). The van der Waals surface area contributed by atoms with Gasteiger partial charge in [0, 0.05) is 19.8 Å². The molecule has 2 aromatic carbocycles. The van der Waals surface area contributed by atoms with Crippen LogP contribution in [0.2, 0.25) is 0 Å². The number of rotatable bonds is 4. The molecule has 0 bridgehead atoms. The average molecular weight is 229 g/mol. The van der Waals surface area contributed by atoms with E-state index >= 15 is 0 Å². The van der Waals surface area contributed by atoms with Gasteiger partial charge in [-0.3, -0.25) is 9.78 Å². The molecular formula is C14H15NO2. The van der Waals surface area contributed by atoms with E-state index in [-0.39, 0.29) is 0 Å². The van der Waals surface area contributed by atoms with Crippen molar-refractivity contribution >= 4 is 5.69 Å². The van der Waals surface area contributed by atoms with Crippen molar-refractivity contribution in [3.63, 3.8) is 0 Å². The lowest BCUT2D eigenvalue weighted by molar-refractivity contribution is -0.0999. The average Bonchev–Trinajstić information content (AvgIpc) is 2.38. The molecule has 3 heteroatoms. The quantitative estimate of drug-likeness (QED) is 0.594. The van der Waals surface area contributed by atoms with Gasteiger partial charge in [-0.15, -0.1) is 0 Å². The van der Waals surface area contributed by atoms with Crippen LogP contribution in [-0.2, 0) is 0 Å². The van der Waals surface area contributed by atoms with Gasteiger partial charge < -0.3 is 4.90 Å². The van der Waals surface area contributed by atoms with Crippen molar-refractivity contribution in [2.45, 2.75) is 0 Å². The van der Waals surface area contributed by atoms with Crippen molar-refractivity contribution in [1.29, 1.82) is 0 Å². The van der Waals surface area contributed by atoms with Gasteiger partial charge >= 0.3 is 0 Å². The summed E-state index contributed by atoms with van der Waals surface area (Å²) in [5.41, 5.74) is 1.12. The van der Waals surface area contributed by atoms with Crippen LogP contribution < -0.4 is 14.7 Å². The van der Waals surface area contributed by atoms with E-state index in [1.54, 1.807) is 0 Å². The molecule has 0 aliphatic heterocycles. The lowest BCUT2D eigenvalue weighted by atomic mass is 10.3. The van der Waals surface area contributed by atoms with E-state index in [9.17, 15) is 0 Å². The summed E-state index contributed by atoms with van der Waals surface area (Å²) >= 11 is 0. The maximum absolute atomic E-state index is 5.21. The normalized spacial score (nSPS) is 9.76. The van der Waals surface area contributed by atoms with E-state index in [2.05, 4.69) is 0 Å². The number of hydrogen-bond donors (Lipinski definition) is 0. The molecule has 0 saturated heterocycles. The first-order chi connectivity index (χ1) is 8.25. The second-order valence-electron chi connectivity index (χ2n) is 3.87. The van der Waals surface area contributed by atoms with Crippen LogP contribution in [0.3, 0.4) is 0 Å². The van der Waals surface area contributed by atoms with Crippen molar-refractivity contribution in [2.75, 3.05) is 19.0 Å². The van der Waals surface area contributed by atoms with Crippen LogP contribution in [0.4, 0.5) is 5.69 Å². The zero-order valence-corrected chi connectivity index (χ0v) is 9.96. The Morgan fingerprint density at radius 3 is 1.76 bits per heavy atom. The summed E-state index contributed by atoms with van der Waals surface area (Å²) in [7, 11) is 3.99. The predicted octanol–water partition coefficient (Wildman–Crippen LogP) is 3.13. The maximum atomic E-state index is 5.21. The van der Waals surface area contributed by atoms with Crippen molar-refractivity contribution < 1.29 is 9.78 Å². The van der Waals surface area contributed by atoms with E-state index in [1.165, 1.54) is 0 Å². The monoisotopic (exact) mass is 229 g/mol. The molecule has 0 heterocycles. The van der Waals surface area contributed by atoms with Gasteiger partial charge in [-0.2, -0.15) is 0 Å². The highest BCUT2D eigenvalue weighted by atomic mass is 17.2. The van der Waals surface area contributed by atoms with Crippen LogP contribution in [0.15, 0.2) is 54.6 Å². The molecule has 0 spiro atoms. The fourth-order valence-corrected chi connectivity index (χ4v) is 1.37. The zero-order chi connectivity index (χ0) is 12.1. The van der Waals surface area contributed by atoms with Crippen molar-refractivity contribution in [1.82, 2.24) is 0 Å². The molecule has 0 aromatic heterocycles. The largest absolute Gasteiger partial charge is 0.378 e. The summed E-state index contributed by atoms with van der Waals surface area (Å²) < 4.78 is 0. The standard InChI is InChI=1S/C14H15NO2/c1-15(2)12-8-10-14(11-9-12)17-16-13-6-4-3-5-7-13/h3-11H,1-2H3. The Kier molecular flexibility index (Phi) is 3.50. The second kappa shape index (κ2) is 5.25. The van der Waals surface area contributed by atoms with Gasteiger partial charge in [-0.1, -0.05) is 18.2 Å². The SMILES string of the molecule is CN(C)c1ccc(OOc2ccccc2)cc1. The molecule has 0 amide bonds. The fraction of sp³-hybridized carbons (Fsp3) is 0.143. The highest BCUT2D eigenvalue weighted by Crippen LogP contribution is 2.18. The Hall–Kier alpha value is -2.16. The molecule has 0 aliphatic carbocycles. The molecule has 3 nitrogen and oxygen atoms in total. The number of anilines is 1. The predicted molar refractivity (Wildman–Crippen MR) is 68.5 cm³/mol. The molecule has 0 fully saturated rings. The molecule has 0 unspecified atom stereocenters. The van der Waals surface area contributed by atoms with E-state index in [4.69, 9.17) is 9.78 Å². The topological polar surface area (TPSA) is 21.7 Å². The van der Waals surface area contributed by atoms with E-state index in [0.29, 0.717) is 11.5 Å². The first-order valence-corrected chi connectivity index (χ1v) is 5.42. The molecular weight excluding hydrogens is 214 g/mol. The smallest absolute Gasteiger partial charge is 0.178 e. The van der Waals surface area contributed by atoms with Gasteiger partial charge in [0.1, 0.15) is 0 Å². The molecule has 0 N–H and O–H groups in total. The van der Waals surface area contributed by atoms with Crippen LogP contribution in [-0.4, -0.2) is 14.1 Å². The summed E-state index contributed by atoms with van der Waals surface area (Å²) in [4.78, 5) is 12.4. The van der Waals surface area contributed by atoms with Crippen LogP contribution in [0.5, 0.6) is 11.5 Å². The van der Waals surface area contributed by atoms with E-state index in [0.717, 1.165) is 5.69 Å². The van der Waals surface area contributed by atoms with Gasteiger partial charge in [0.15, 0.2) is 11.5 Å². The highest BCUT2D eigenvalue weighted by molar-refractivity contribution is 5.47. The Morgan fingerprint density at radius 2 is 1.24 bits per heavy atom. The third kappa shape index (κ3) is 3.14. The number of benzene rings is 2. The second-order valence-corrected chi connectivity index (χ2v) is 3.87. The lowest BCUT2D eigenvalue weighted by Crippen LogP contribution is -2.08. The molecule has 0 saturated carbocycles. The summed E-state index contributed by atoms with van der Waals surface area (Å²) in [5.74, 6) is 1.36. The summed E-state index contributed by atoms with van der Waals surface area (Å²) in [6.07, 6.45) is 0. The van der Waals surface area contributed by atoms with Gasteiger partial charge in [0.05, 0.1) is 0 Å². The van der Waals surface area contributed by atoms with Crippen LogP contribution in [0.25, 0.3) is 0 Å². The Bertz CT molecular complexity index is 451. The molecule has 0 radical (unpaired) electrons. The lowest BCUT2D eigenvalue weighted by Gasteiger charge is -2.12. The van der Waals surface area contributed by atoms with Gasteiger partial charge in [0.25, 0.3) is 0 Å². The Labute approximate surface area is 101 Å². The minimum absolute atomic E-state index is 0.680. The first-order valence-electron chi connectivity index (χ1n) is 5.42. The van der Waals surface area contributed by atoms with E-state index in [1.807, 2.05) is 73.6 Å². The third-order valence-corrected chi connectivity index (χ3v) is 2.33. The van der Waals surface area contributed by atoms with Gasteiger partial charge in [-0.05, 0) is 36.4 Å². The molecule has 2 aromatic rings. The van der Waals surface area contributed by atoms with Crippen LogP contribution >= 0.6 is 0 Å². The number of para-hydroxylation sites is 1. The summed E-state index contributed by atoms with van der Waals surface area (Å²) in [5, 5.41) is 0. The van der Waals surface area contributed by atoms with Gasteiger partial charge in [0.2, 0.25) is 0 Å². The summed E-state index contributed by atoms with van der Waals surface area (Å²) in [6, 6.07) is 17.1. The van der Waals surface area contributed by atoms with Crippen molar-refractivity contribution in [3.05, 3.63) is 54.6 Å². The minimum atomic E-state index is 0.680. The van der Waals surface area contributed by atoms with Crippen LogP contribution in [0, 0.1) is 0 Å². The zero-order valence-electron chi connectivity index (χ0n) is 9.96. The first kappa shape index (κ1) is 11.3.